The van der Waals surface area contributed by atoms with Gasteiger partial charge in [0.05, 0.1) is 24.3 Å². The first kappa shape index (κ1) is 19.8. The Morgan fingerprint density at radius 2 is 1.36 bits per heavy atom. The van der Waals surface area contributed by atoms with Gasteiger partial charge in [-0.3, -0.25) is 0 Å². The standard InChI is InChI=1S/C18H20Cl2O5/c1-22-15-8-11(12(9-16(15)23-2)18(24-3)25-4)17(21)10-5-6-13(19)14(20)7-10/h5-9,17-18,21H,1-4H3. The molecule has 136 valence electrons. The van der Waals surface area contributed by atoms with E-state index in [1.165, 1.54) is 28.4 Å². The highest BCUT2D eigenvalue weighted by Gasteiger charge is 2.24. The van der Waals surface area contributed by atoms with Gasteiger partial charge in [-0.15, -0.1) is 0 Å². The van der Waals surface area contributed by atoms with Gasteiger partial charge in [-0.2, -0.15) is 0 Å². The SMILES string of the molecule is COc1cc(C(OC)OC)c(C(O)c2ccc(Cl)c(Cl)c2)cc1OC. The van der Waals surface area contributed by atoms with Gasteiger partial charge in [0.1, 0.15) is 6.10 Å². The van der Waals surface area contributed by atoms with E-state index in [1.807, 2.05) is 0 Å². The molecule has 0 aromatic heterocycles. The first-order chi connectivity index (χ1) is 12.0. The second-order valence-corrected chi connectivity index (χ2v) is 6.03. The van der Waals surface area contributed by atoms with Crippen LogP contribution in [0, 0.1) is 0 Å². The van der Waals surface area contributed by atoms with Gasteiger partial charge in [0, 0.05) is 19.8 Å². The molecule has 0 saturated carbocycles. The number of aliphatic hydroxyl groups excluding tert-OH is 1. The zero-order valence-corrected chi connectivity index (χ0v) is 15.9. The van der Waals surface area contributed by atoms with Crippen LogP contribution < -0.4 is 9.47 Å². The fourth-order valence-electron chi connectivity index (χ4n) is 2.56. The third-order valence-corrected chi connectivity index (χ3v) is 4.56. The Balaban J connectivity index is 2.61. The zero-order chi connectivity index (χ0) is 18.6. The Labute approximate surface area is 157 Å². The van der Waals surface area contributed by atoms with Crippen molar-refractivity contribution in [3.63, 3.8) is 0 Å². The maximum Gasteiger partial charge on any atom is 0.183 e. The van der Waals surface area contributed by atoms with Gasteiger partial charge in [-0.25, -0.2) is 0 Å². The van der Waals surface area contributed by atoms with E-state index in [-0.39, 0.29) is 0 Å². The lowest BCUT2D eigenvalue weighted by Crippen LogP contribution is -2.12. The maximum atomic E-state index is 10.9. The highest BCUT2D eigenvalue weighted by Crippen LogP contribution is 2.39. The number of halogens is 2. The maximum absolute atomic E-state index is 10.9. The largest absolute Gasteiger partial charge is 0.493 e. The zero-order valence-electron chi connectivity index (χ0n) is 14.4. The lowest BCUT2D eigenvalue weighted by molar-refractivity contribution is -0.107. The van der Waals surface area contributed by atoms with Crippen LogP contribution in [-0.4, -0.2) is 33.5 Å². The molecule has 0 aliphatic rings. The lowest BCUT2D eigenvalue weighted by Gasteiger charge is -2.23. The fourth-order valence-corrected chi connectivity index (χ4v) is 2.87. The van der Waals surface area contributed by atoms with E-state index in [2.05, 4.69) is 0 Å². The Bertz CT molecular complexity index is 732. The summed E-state index contributed by atoms with van der Waals surface area (Å²) < 4.78 is 21.4. The van der Waals surface area contributed by atoms with Crippen LogP contribution in [0.25, 0.3) is 0 Å². The summed E-state index contributed by atoms with van der Waals surface area (Å²) in [7, 11) is 6.09. The summed E-state index contributed by atoms with van der Waals surface area (Å²) in [5.41, 5.74) is 1.74. The van der Waals surface area contributed by atoms with Crippen molar-refractivity contribution >= 4 is 23.2 Å². The molecule has 2 rings (SSSR count). The minimum absolute atomic E-state index is 0.357. The van der Waals surface area contributed by atoms with Crippen LogP contribution in [-0.2, 0) is 9.47 Å². The molecule has 0 fully saturated rings. The van der Waals surface area contributed by atoms with E-state index in [0.717, 1.165) is 0 Å². The van der Waals surface area contributed by atoms with Crippen LogP contribution in [0.2, 0.25) is 10.0 Å². The van der Waals surface area contributed by atoms with Crippen LogP contribution >= 0.6 is 23.2 Å². The number of hydrogen-bond donors (Lipinski definition) is 1. The normalized spacial score (nSPS) is 12.3. The predicted octanol–water partition coefficient (Wildman–Crippen LogP) is 4.38. The molecule has 0 radical (unpaired) electrons. The molecular weight excluding hydrogens is 367 g/mol. The van der Waals surface area contributed by atoms with E-state index in [0.29, 0.717) is 38.2 Å². The molecule has 0 aliphatic carbocycles. The minimum Gasteiger partial charge on any atom is -0.493 e. The molecule has 0 bridgehead atoms. The Morgan fingerprint density at radius 3 is 1.84 bits per heavy atom. The summed E-state index contributed by atoms with van der Waals surface area (Å²) in [5, 5.41) is 11.7. The predicted molar refractivity (Wildman–Crippen MR) is 96.8 cm³/mol. The number of benzene rings is 2. The van der Waals surface area contributed by atoms with Crippen molar-refractivity contribution in [1.82, 2.24) is 0 Å². The van der Waals surface area contributed by atoms with E-state index in [4.69, 9.17) is 42.1 Å². The molecule has 2 aromatic carbocycles. The van der Waals surface area contributed by atoms with Crippen molar-refractivity contribution in [3.8, 4) is 11.5 Å². The fraction of sp³-hybridized carbons (Fsp3) is 0.333. The summed E-state index contributed by atoms with van der Waals surface area (Å²) in [4.78, 5) is 0. The molecule has 7 heteroatoms. The average Bonchev–Trinajstić information content (AvgIpc) is 2.63. The summed E-state index contributed by atoms with van der Waals surface area (Å²) in [6.07, 6.45) is -1.68. The molecule has 0 heterocycles. The van der Waals surface area contributed by atoms with Crippen LogP contribution in [0.5, 0.6) is 11.5 Å². The second-order valence-electron chi connectivity index (χ2n) is 5.22. The molecular formula is C18H20Cl2O5. The Hall–Kier alpha value is -1.50. The molecule has 1 unspecified atom stereocenters. The third-order valence-electron chi connectivity index (χ3n) is 3.83. The average molecular weight is 387 g/mol. The minimum atomic E-state index is -0.989. The van der Waals surface area contributed by atoms with Gasteiger partial charge in [0.2, 0.25) is 0 Å². The van der Waals surface area contributed by atoms with Gasteiger partial charge in [0.25, 0.3) is 0 Å². The van der Waals surface area contributed by atoms with Crippen LogP contribution in [0.15, 0.2) is 30.3 Å². The topological polar surface area (TPSA) is 57.2 Å². The van der Waals surface area contributed by atoms with Crippen molar-refractivity contribution in [1.29, 1.82) is 0 Å². The van der Waals surface area contributed by atoms with Gasteiger partial charge >= 0.3 is 0 Å². The van der Waals surface area contributed by atoms with Crippen LogP contribution in [0.3, 0.4) is 0 Å². The molecule has 0 aliphatic heterocycles. The molecule has 0 spiro atoms. The van der Waals surface area contributed by atoms with E-state index < -0.39 is 12.4 Å². The first-order valence-corrected chi connectivity index (χ1v) is 8.16. The van der Waals surface area contributed by atoms with Crippen LogP contribution in [0.1, 0.15) is 29.1 Å². The van der Waals surface area contributed by atoms with Crippen molar-refractivity contribution < 1.29 is 24.1 Å². The summed E-state index contributed by atoms with van der Waals surface area (Å²) in [6.45, 7) is 0. The molecule has 0 saturated heterocycles. The van der Waals surface area contributed by atoms with E-state index in [1.54, 1.807) is 30.3 Å². The van der Waals surface area contributed by atoms with Crippen molar-refractivity contribution in [3.05, 3.63) is 57.1 Å². The van der Waals surface area contributed by atoms with Crippen LogP contribution in [0.4, 0.5) is 0 Å². The summed E-state index contributed by atoms with van der Waals surface area (Å²) in [5.74, 6) is 0.980. The first-order valence-electron chi connectivity index (χ1n) is 7.41. The molecule has 1 atom stereocenters. The van der Waals surface area contributed by atoms with Crippen molar-refractivity contribution in [2.45, 2.75) is 12.4 Å². The molecule has 2 aromatic rings. The molecule has 1 N–H and O–H groups in total. The molecule has 5 nitrogen and oxygen atoms in total. The van der Waals surface area contributed by atoms with Crippen molar-refractivity contribution in [2.75, 3.05) is 28.4 Å². The smallest absolute Gasteiger partial charge is 0.183 e. The second kappa shape index (κ2) is 8.74. The quantitative estimate of drug-likeness (QED) is 0.715. The van der Waals surface area contributed by atoms with E-state index >= 15 is 0 Å². The molecule has 0 amide bonds. The number of ether oxygens (including phenoxy) is 4. The number of rotatable bonds is 7. The summed E-state index contributed by atoms with van der Waals surface area (Å²) in [6, 6.07) is 8.35. The lowest BCUT2D eigenvalue weighted by atomic mass is 9.95. The van der Waals surface area contributed by atoms with Gasteiger partial charge < -0.3 is 24.1 Å². The van der Waals surface area contributed by atoms with Gasteiger partial charge in [-0.05, 0) is 35.4 Å². The third kappa shape index (κ3) is 4.19. The highest BCUT2D eigenvalue weighted by molar-refractivity contribution is 6.42. The monoisotopic (exact) mass is 386 g/mol. The van der Waals surface area contributed by atoms with E-state index in [9.17, 15) is 5.11 Å². The highest BCUT2D eigenvalue weighted by atomic mass is 35.5. The Kier molecular flexibility index (Phi) is 6.93. The number of aliphatic hydroxyl groups is 1. The van der Waals surface area contributed by atoms with Gasteiger partial charge in [0.15, 0.2) is 17.8 Å². The van der Waals surface area contributed by atoms with Crippen molar-refractivity contribution in [2.24, 2.45) is 0 Å². The summed E-state index contributed by atoms with van der Waals surface area (Å²) >= 11 is 12.0. The number of methoxy groups -OCH3 is 4. The molecule has 25 heavy (non-hydrogen) atoms. The Morgan fingerprint density at radius 1 is 0.800 bits per heavy atom. The number of hydrogen-bond acceptors (Lipinski definition) is 5. The van der Waals surface area contributed by atoms with Gasteiger partial charge in [-0.1, -0.05) is 29.3 Å².